The summed E-state index contributed by atoms with van der Waals surface area (Å²) in [5.41, 5.74) is 0. The standard InChI is InChI=1S/C18H31N3O2/c1-2-20-9-7-14(8-10-20)12-19-18(23)15-11-17(22)21(13-15)16-5-3-4-6-16/h14-16H,2-13H2,1H3,(H,19,23). The van der Waals surface area contributed by atoms with Gasteiger partial charge in [0, 0.05) is 25.6 Å². The molecule has 2 aliphatic heterocycles. The average molecular weight is 321 g/mol. The average Bonchev–Trinajstić information content (AvgIpc) is 3.22. The van der Waals surface area contributed by atoms with Crippen LogP contribution in [-0.4, -0.2) is 60.4 Å². The van der Waals surface area contributed by atoms with E-state index in [-0.39, 0.29) is 17.7 Å². The van der Waals surface area contributed by atoms with Crippen LogP contribution < -0.4 is 5.32 Å². The maximum Gasteiger partial charge on any atom is 0.225 e. The van der Waals surface area contributed by atoms with E-state index in [1.807, 2.05) is 4.90 Å². The van der Waals surface area contributed by atoms with Gasteiger partial charge in [0.1, 0.15) is 0 Å². The number of carbonyl (C=O) groups is 2. The van der Waals surface area contributed by atoms with Gasteiger partial charge in [-0.25, -0.2) is 0 Å². The van der Waals surface area contributed by atoms with Crippen LogP contribution in [0.3, 0.4) is 0 Å². The zero-order valence-electron chi connectivity index (χ0n) is 14.4. The van der Waals surface area contributed by atoms with Gasteiger partial charge in [0.05, 0.1) is 5.92 Å². The molecule has 2 heterocycles. The lowest BCUT2D eigenvalue weighted by Gasteiger charge is -2.31. The first kappa shape index (κ1) is 16.7. The molecule has 3 aliphatic rings. The van der Waals surface area contributed by atoms with Crippen LogP contribution in [0.15, 0.2) is 0 Å². The molecule has 5 nitrogen and oxygen atoms in total. The molecule has 23 heavy (non-hydrogen) atoms. The third-order valence-corrected chi connectivity index (χ3v) is 6.01. The number of likely N-dealkylation sites (tertiary alicyclic amines) is 2. The molecule has 0 spiro atoms. The number of hydrogen-bond donors (Lipinski definition) is 1. The Morgan fingerprint density at radius 1 is 1.17 bits per heavy atom. The molecule has 130 valence electrons. The molecule has 1 atom stereocenters. The summed E-state index contributed by atoms with van der Waals surface area (Å²) >= 11 is 0. The van der Waals surface area contributed by atoms with E-state index in [9.17, 15) is 9.59 Å². The van der Waals surface area contributed by atoms with Crippen molar-refractivity contribution in [1.29, 1.82) is 0 Å². The summed E-state index contributed by atoms with van der Waals surface area (Å²) in [5.74, 6) is 0.758. The van der Waals surface area contributed by atoms with Crippen molar-refractivity contribution >= 4 is 11.8 Å². The monoisotopic (exact) mass is 321 g/mol. The minimum absolute atomic E-state index is 0.0942. The molecule has 3 rings (SSSR count). The molecule has 1 unspecified atom stereocenters. The lowest BCUT2D eigenvalue weighted by Crippen LogP contribution is -2.41. The molecule has 0 aromatic heterocycles. The van der Waals surface area contributed by atoms with Gasteiger partial charge in [-0.2, -0.15) is 0 Å². The van der Waals surface area contributed by atoms with Crippen molar-refractivity contribution in [2.45, 2.75) is 57.9 Å². The van der Waals surface area contributed by atoms with Gasteiger partial charge in [-0.1, -0.05) is 19.8 Å². The third-order valence-electron chi connectivity index (χ3n) is 6.01. The van der Waals surface area contributed by atoms with E-state index < -0.39 is 0 Å². The SMILES string of the molecule is CCN1CCC(CNC(=O)C2CC(=O)N(C3CCCC3)C2)CC1. The summed E-state index contributed by atoms with van der Waals surface area (Å²) in [4.78, 5) is 29.1. The normalized spacial score (nSPS) is 27.8. The van der Waals surface area contributed by atoms with Crippen molar-refractivity contribution in [3.05, 3.63) is 0 Å². The van der Waals surface area contributed by atoms with E-state index in [1.165, 1.54) is 25.7 Å². The Hall–Kier alpha value is -1.10. The number of rotatable bonds is 5. The second-order valence-electron chi connectivity index (χ2n) is 7.51. The number of hydrogen-bond acceptors (Lipinski definition) is 3. The molecular formula is C18H31N3O2. The van der Waals surface area contributed by atoms with Gasteiger partial charge in [-0.15, -0.1) is 0 Å². The van der Waals surface area contributed by atoms with Crippen molar-refractivity contribution in [2.24, 2.45) is 11.8 Å². The molecular weight excluding hydrogens is 290 g/mol. The Labute approximate surface area is 139 Å². The van der Waals surface area contributed by atoms with Crippen LogP contribution in [0, 0.1) is 11.8 Å². The van der Waals surface area contributed by atoms with Crippen molar-refractivity contribution in [3.63, 3.8) is 0 Å². The first-order valence-electron chi connectivity index (χ1n) is 9.47. The zero-order chi connectivity index (χ0) is 16.2. The Bertz CT molecular complexity index is 426. The fourth-order valence-corrected chi connectivity index (χ4v) is 4.37. The van der Waals surface area contributed by atoms with Gasteiger partial charge in [0.25, 0.3) is 0 Å². The van der Waals surface area contributed by atoms with E-state index in [0.717, 1.165) is 39.0 Å². The van der Waals surface area contributed by atoms with Crippen molar-refractivity contribution < 1.29 is 9.59 Å². The second-order valence-corrected chi connectivity index (χ2v) is 7.51. The Morgan fingerprint density at radius 2 is 1.87 bits per heavy atom. The Morgan fingerprint density at radius 3 is 2.52 bits per heavy atom. The number of carbonyl (C=O) groups excluding carboxylic acids is 2. The Balaban J connectivity index is 1.41. The smallest absolute Gasteiger partial charge is 0.225 e. The quantitative estimate of drug-likeness (QED) is 0.837. The topological polar surface area (TPSA) is 52.7 Å². The summed E-state index contributed by atoms with van der Waals surface area (Å²) in [7, 11) is 0. The molecule has 5 heteroatoms. The van der Waals surface area contributed by atoms with Crippen molar-refractivity contribution in [2.75, 3.05) is 32.7 Å². The first-order valence-corrected chi connectivity index (χ1v) is 9.47. The summed E-state index contributed by atoms with van der Waals surface area (Å²) < 4.78 is 0. The van der Waals surface area contributed by atoms with Crippen molar-refractivity contribution in [3.8, 4) is 0 Å². The zero-order valence-corrected chi connectivity index (χ0v) is 14.4. The van der Waals surface area contributed by atoms with Crippen LogP contribution in [0.2, 0.25) is 0 Å². The van der Waals surface area contributed by atoms with Gasteiger partial charge in [0.2, 0.25) is 11.8 Å². The summed E-state index contributed by atoms with van der Waals surface area (Å²) in [6.45, 7) is 7.05. The molecule has 3 fully saturated rings. The molecule has 0 aromatic rings. The number of piperidine rings is 1. The first-order chi connectivity index (χ1) is 11.2. The van der Waals surface area contributed by atoms with Crippen LogP contribution in [0.5, 0.6) is 0 Å². The lowest BCUT2D eigenvalue weighted by atomic mass is 9.96. The van der Waals surface area contributed by atoms with Gasteiger partial charge in [0.15, 0.2) is 0 Å². The van der Waals surface area contributed by atoms with E-state index in [4.69, 9.17) is 0 Å². The van der Waals surface area contributed by atoms with Crippen LogP contribution in [0.4, 0.5) is 0 Å². The summed E-state index contributed by atoms with van der Waals surface area (Å²) in [5, 5.41) is 3.12. The number of amides is 2. The molecule has 1 saturated carbocycles. The fourth-order valence-electron chi connectivity index (χ4n) is 4.37. The van der Waals surface area contributed by atoms with Crippen molar-refractivity contribution in [1.82, 2.24) is 15.1 Å². The highest BCUT2D eigenvalue weighted by atomic mass is 16.2. The minimum Gasteiger partial charge on any atom is -0.356 e. The molecule has 0 bridgehead atoms. The van der Waals surface area contributed by atoms with E-state index in [0.29, 0.717) is 24.9 Å². The highest BCUT2D eigenvalue weighted by Crippen LogP contribution is 2.29. The molecule has 2 saturated heterocycles. The maximum absolute atomic E-state index is 12.4. The van der Waals surface area contributed by atoms with Gasteiger partial charge >= 0.3 is 0 Å². The molecule has 1 N–H and O–H groups in total. The number of nitrogens with zero attached hydrogens (tertiary/aromatic N) is 2. The van der Waals surface area contributed by atoms with E-state index in [2.05, 4.69) is 17.1 Å². The van der Waals surface area contributed by atoms with Crippen LogP contribution in [0.1, 0.15) is 51.9 Å². The molecule has 1 aliphatic carbocycles. The van der Waals surface area contributed by atoms with E-state index >= 15 is 0 Å². The second kappa shape index (κ2) is 7.65. The highest BCUT2D eigenvalue weighted by Gasteiger charge is 2.38. The summed E-state index contributed by atoms with van der Waals surface area (Å²) in [6, 6.07) is 0.402. The van der Waals surface area contributed by atoms with Gasteiger partial charge in [-0.05, 0) is 51.2 Å². The third kappa shape index (κ3) is 4.06. The van der Waals surface area contributed by atoms with Crippen LogP contribution >= 0.6 is 0 Å². The lowest BCUT2D eigenvalue weighted by molar-refractivity contribution is -0.130. The van der Waals surface area contributed by atoms with Crippen LogP contribution in [-0.2, 0) is 9.59 Å². The molecule has 0 aromatic carbocycles. The largest absolute Gasteiger partial charge is 0.356 e. The predicted octanol–water partition coefficient (Wildman–Crippen LogP) is 1.63. The maximum atomic E-state index is 12.4. The van der Waals surface area contributed by atoms with Gasteiger partial charge < -0.3 is 15.1 Å². The minimum atomic E-state index is -0.126. The van der Waals surface area contributed by atoms with Gasteiger partial charge in [-0.3, -0.25) is 9.59 Å². The molecule has 0 radical (unpaired) electrons. The Kier molecular flexibility index (Phi) is 5.57. The van der Waals surface area contributed by atoms with E-state index in [1.54, 1.807) is 0 Å². The fraction of sp³-hybridized carbons (Fsp3) is 0.889. The predicted molar refractivity (Wildman–Crippen MR) is 89.9 cm³/mol. The highest BCUT2D eigenvalue weighted by molar-refractivity contribution is 5.89. The summed E-state index contributed by atoms with van der Waals surface area (Å²) in [6.07, 6.45) is 7.45. The van der Waals surface area contributed by atoms with Crippen LogP contribution in [0.25, 0.3) is 0 Å². The molecule has 2 amide bonds. The number of nitrogens with one attached hydrogen (secondary N) is 1.